The maximum Gasteiger partial charge on any atom is 0.229 e. The summed E-state index contributed by atoms with van der Waals surface area (Å²) in [5, 5.41) is 3.49. The lowest BCUT2D eigenvalue weighted by molar-refractivity contribution is 0.249. The highest BCUT2D eigenvalue weighted by molar-refractivity contribution is 5.86. The molecule has 1 saturated heterocycles. The van der Waals surface area contributed by atoms with Gasteiger partial charge in [0.25, 0.3) is 0 Å². The average Bonchev–Trinajstić information content (AvgIpc) is 2.82. The molecule has 0 bridgehead atoms. The van der Waals surface area contributed by atoms with E-state index in [1.165, 1.54) is 11.1 Å². The van der Waals surface area contributed by atoms with Crippen molar-refractivity contribution in [3.63, 3.8) is 0 Å². The summed E-state index contributed by atoms with van der Waals surface area (Å²) in [5.41, 5.74) is 6.00. The predicted molar refractivity (Wildman–Crippen MR) is 128 cm³/mol. The van der Waals surface area contributed by atoms with Gasteiger partial charge in [-0.25, -0.2) is 9.97 Å². The minimum absolute atomic E-state index is 0.608. The molecular formula is C25H27N7. The molecule has 162 valence electrons. The van der Waals surface area contributed by atoms with E-state index < -0.39 is 0 Å². The molecule has 1 fully saturated rings. The third kappa shape index (κ3) is 4.38. The van der Waals surface area contributed by atoms with Crippen LogP contribution in [0, 0.1) is 13.8 Å². The lowest BCUT2D eigenvalue weighted by atomic mass is 10.1. The third-order valence-electron chi connectivity index (χ3n) is 5.87. The molecule has 0 amide bonds. The van der Waals surface area contributed by atoms with E-state index in [4.69, 9.17) is 9.97 Å². The Morgan fingerprint density at radius 2 is 1.66 bits per heavy atom. The number of piperazine rings is 1. The van der Waals surface area contributed by atoms with Gasteiger partial charge in [0.1, 0.15) is 0 Å². The first-order chi connectivity index (χ1) is 15.7. The van der Waals surface area contributed by atoms with Crippen molar-refractivity contribution < 1.29 is 0 Å². The first-order valence-electron chi connectivity index (χ1n) is 11.0. The lowest BCUT2D eigenvalue weighted by Crippen LogP contribution is -2.46. The van der Waals surface area contributed by atoms with Gasteiger partial charge in [-0.1, -0.05) is 42.5 Å². The van der Waals surface area contributed by atoms with E-state index in [1.54, 1.807) is 12.4 Å². The Kier molecular flexibility index (Phi) is 5.64. The Hall–Kier alpha value is -3.58. The van der Waals surface area contributed by atoms with Crippen LogP contribution in [0.25, 0.3) is 11.2 Å². The van der Waals surface area contributed by atoms with Crippen LogP contribution in [0.1, 0.15) is 16.7 Å². The number of nitrogens with one attached hydrogen (secondary N) is 1. The van der Waals surface area contributed by atoms with Crippen molar-refractivity contribution in [2.24, 2.45) is 0 Å². The van der Waals surface area contributed by atoms with E-state index in [-0.39, 0.29) is 0 Å². The van der Waals surface area contributed by atoms with Gasteiger partial charge in [0.2, 0.25) is 5.95 Å². The molecule has 0 radical (unpaired) electrons. The molecule has 5 rings (SSSR count). The Labute approximate surface area is 188 Å². The fourth-order valence-corrected chi connectivity index (χ4v) is 4.03. The smallest absolute Gasteiger partial charge is 0.229 e. The minimum atomic E-state index is 0.608. The van der Waals surface area contributed by atoms with Gasteiger partial charge in [-0.05, 0) is 36.6 Å². The second-order valence-corrected chi connectivity index (χ2v) is 8.29. The second kappa shape index (κ2) is 8.88. The molecule has 7 heteroatoms. The van der Waals surface area contributed by atoms with Gasteiger partial charge in [-0.3, -0.25) is 4.90 Å². The molecule has 2 aromatic carbocycles. The van der Waals surface area contributed by atoms with Gasteiger partial charge in [-0.2, -0.15) is 9.97 Å². The normalized spacial score (nSPS) is 14.6. The maximum atomic E-state index is 4.88. The number of rotatable bonds is 5. The van der Waals surface area contributed by atoms with E-state index in [0.717, 1.165) is 44.0 Å². The number of aromatic nitrogens is 4. The quantitative estimate of drug-likeness (QED) is 0.516. The molecule has 1 aliphatic rings. The molecule has 0 aliphatic carbocycles. The standard InChI is InChI=1S/C25H27N7/c1-18-8-9-19(2)21(16-18)28-24-22-23(27-11-10-26-22)29-25(30-24)32-14-12-31(13-15-32)17-20-6-4-3-5-7-20/h3-11,16H,12-15,17H2,1-2H3,(H,27,28,29,30). The summed E-state index contributed by atoms with van der Waals surface area (Å²) in [4.78, 5) is 23.3. The molecule has 7 nitrogen and oxygen atoms in total. The molecule has 32 heavy (non-hydrogen) atoms. The zero-order valence-corrected chi connectivity index (χ0v) is 18.5. The zero-order chi connectivity index (χ0) is 21.9. The van der Waals surface area contributed by atoms with Crippen molar-refractivity contribution >= 4 is 28.6 Å². The van der Waals surface area contributed by atoms with Crippen LogP contribution in [0.4, 0.5) is 17.5 Å². The average molecular weight is 426 g/mol. The third-order valence-corrected chi connectivity index (χ3v) is 5.87. The van der Waals surface area contributed by atoms with Crippen LogP contribution in [0.3, 0.4) is 0 Å². The molecule has 0 unspecified atom stereocenters. The topological polar surface area (TPSA) is 70.1 Å². The van der Waals surface area contributed by atoms with Crippen molar-refractivity contribution in [2.75, 3.05) is 36.4 Å². The number of anilines is 3. The highest BCUT2D eigenvalue weighted by Gasteiger charge is 2.21. The molecule has 1 N–H and O–H groups in total. The Morgan fingerprint density at radius 1 is 0.875 bits per heavy atom. The van der Waals surface area contributed by atoms with Gasteiger partial charge in [0, 0.05) is 50.8 Å². The first kappa shape index (κ1) is 20.3. The van der Waals surface area contributed by atoms with Crippen LogP contribution < -0.4 is 10.2 Å². The molecule has 3 heterocycles. The van der Waals surface area contributed by atoms with E-state index in [0.29, 0.717) is 22.9 Å². The monoisotopic (exact) mass is 425 g/mol. The molecule has 1 aliphatic heterocycles. The van der Waals surface area contributed by atoms with Crippen LogP contribution in [0.2, 0.25) is 0 Å². The SMILES string of the molecule is Cc1ccc(C)c(Nc2nc(N3CCN(Cc4ccccc4)CC3)nc3nccnc23)c1. The van der Waals surface area contributed by atoms with Crippen molar-refractivity contribution in [1.29, 1.82) is 0 Å². The van der Waals surface area contributed by atoms with Crippen LogP contribution >= 0.6 is 0 Å². The summed E-state index contributed by atoms with van der Waals surface area (Å²) in [6.45, 7) is 8.83. The summed E-state index contributed by atoms with van der Waals surface area (Å²) < 4.78 is 0. The Balaban J connectivity index is 1.38. The highest BCUT2D eigenvalue weighted by Crippen LogP contribution is 2.26. The number of benzene rings is 2. The molecule has 0 saturated carbocycles. The number of hydrogen-bond donors (Lipinski definition) is 1. The zero-order valence-electron chi connectivity index (χ0n) is 18.5. The summed E-state index contributed by atoms with van der Waals surface area (Å²) in [7, 11) is 0. The fourth-order valence-electron chi connectivity index (χ4n) is 4.03. The van der Waals surface area contributed by atoms with Gasteiger partial charge in [0.05, 0.1) is 0 Å². The summed E-state index contributed by atoms with van der Waals surface area (Å²) >= 11 is 0. The maximum absolute atomic E-state index is 4.88. The summed E-state index contributed by atoms with van der Waals surface area (Å²) in [6, 6.07) is 17.0. The molecule has 2 aromatic heterocycles. The van der Waals surface area contributed by atoms with Gasteiger partial charge in [0.15, 0.2) is 17.0 Å². The van der Waals surface area contributed by atoms with Crippen molar-refractivity contribution in [1.82, 2.24) is 24.8 Å². The number of fused-ring (bicyclic) bond motifs is 1. The van der Waals surface area contributed by atoms with Crippen molar-refractivity contribution in [2.45, 2.75) is 20.4 Å². The van der Waals surface area contributed by atoms with Crippen LogP contribution in [0.15, 0.2) is 60.9 Å². The van der Waals surface area contributed by atoms with Crippen molar-refractivity contribution in [3.05, 3.63) is 77.6 Å². The fraction of sp³-hybridized carbons (Fsp3) is 0.280. The van der Waals surface area contributed by atoms with E-state index in [2.05, 4.69) is 87.5 Å². The Morgan fingerprint density at radius 3 is 2.47 bits per heavy atom. The Bertz CT molecular complexity index is 1220. The first-order valence-corrected chi connectivity index (χ1v) is 11.0. The van der Waals surface area contributed by atoms with Crippen LogP contribution in [-0.2, 0) is 6.54 Å². The second-order valence-electron chi connectivity index (χ2n) is 8.29. The summed E-state index contributed by atoms with van der Waals surface area (Å²) in [6.07, 6.45) is 3.36. The largest absolute Gasteiger partial charge is 0.338 e. The molecule has 0 atom stereocenters. The van der Waals surface area contributed by atoms with Crippen LogP contribution in [-0.4, -0.2) is 51.0 Å². The molecule has 0 spiro atoms. The van der Waals surface area contributed by atoms with Gasteiger partial charge in [-0.15, -0.1) is 0 Å². The lowest BCUT2D eigenvalue weighted by Gasteiger charge is -2.34. The van der Waals surface area contributed by atoms with E-state index in [1.807, 2.05) is 0 Å². The summed E-state index contributed by atoms with van der Waals surface area (Å²) in [5.74, 6) is 1.39. The van der Waals surface area contributed by atoms with Gasteiger partial charge >= 0.3 is 0 Å². The molecule has 4 aromatic rings. The van der Waals surface area contributed by atoms with Crippen molar-refractivity contribution in [3.8, 4) is 0 Å². The molecular weight excluding hydrogens is 398 g/mol. The van der Waals surface area contributed by atoms with Gasteiger partial charge < -0.3 is 10.2 Å². The van der Waals surface area contributed by atoms with E-state index >= 15 is 0 Å². The number of nitrogens with zero attached hydrogens (tertiary/aromatic N) is 6. The van der Waals surface area contributed by atoms with E-state index in [9.17, 15) is 0 Å². The number of aryl methyl sites for hydroxylation is 2. The highest BCUT2D eigenvalue weighted by atomic mass is 15.3. The van der Waals surface area contributed by atoms with Crippen LogP contribution in [0.5, 0.6) is 0 Å². The minimum Gasteiger partial charge on any atom is -0.338 e. The predicted octanol–water partition coefficient (Wildman–Crippen LogP) is 4.10. The number of hydrogen-bond acceptors (Lipinski definition) is 7.